The molecule has 0 atom stereocenters. The Bertz CT molecular complexity index is 2810. The minimum Gasteiger partial charge on any atom is -0.344 e. The van der Waals surface area contributed by atoms with Crippen LogP contribution >= 0.6 is 0 Å². The standard InChI is InChI=1S/C43H29N3/c1-44-36-17-8-7-16-33(36)43-41(44)20-11-21-42(43)46-38-19-10-6-15-32(38)35-27-29(23-25-40(35)46)28-22-24-39-34(26-28)31-14-5-9-18-37(31)45(39)30-12-3-2-4-13-30/h2-27H,1H3. The molecule has 3 aromatic heterocycles. The van der Waals surface area contributed by atoms with E-state index in [0.29, 0.717) is 0 Å². The molecule has 3 nitrogen and oxygen atoms in total. The number of benzene rings is 7. The highest BCUT2D eigenvalue weighted by Gasteiger charge is 2.19. The van der Waals surface area contributed by atoms with Crippen molar-refractivity contribution in [1.29, 1.82) is 0 Å². The summed E-state index contributed by atoms with van der Waals surface area (Å²) in [6.45, 7) is 0. The maximum Gasteiger partial charge on any atom is 0.0562 e. The van der Waals surface area contributed by atoms with Crippen LogP contribution in [0.1, 0.15) is 0 Å². The van der Waals surface area contributed by atoms with Crippen LogP contribution in [-0.2, 0) is 7.05 Å². The molecule has 3 heteroatoms. The van der Waals surface area contributed by atoms with E-state index in [4.69, 9.17) is 0 Å². The lowest BCUT2D eigenvalue weighted by molar-refractivity contribution is 1.01. The molecule has 7 aromatic carbocycles. The molecule has 0 aliphatic rings. The molecule has 0 aliphatic carbocycles. The van der Waals surface area contributed by atoms with Gasteiger partial charge in [-0.2, -0.15) is 0 Å². The van der Waals surface area contributed by atoms with E-state index in [-0.39, 0.29) is 0 Å². The second kappa shape index (κ2) is 9.47. The molecule has 0 bridgehead atoms. The lowest BCUT2D eigenvalue weighted by Gasteiger charge is -2.11. The minimum atomic E-state index is 1.18. The van der Waals surface area contributed by atoms with Crippen molar-refractivity contribution in [2.45, 2.75) is 0 Å². The van der Waals surface area contributed by atoms with E-state index in [9.17, 15) is 0 Å². The van der Waals surface area contributed by atoms with Crippen LogP contribution in [0.25, 0.3) is 87.9 Å². The first-order valence-corrected chi connectivity index (χ1v) is 15.8. The summed E-state index contributed by atoms with van der Waals surface area (Å²) in [7, 11) is 2.17. The number of hydrogen-bond acceptors (Lipinski definition) is 0. The van der Waals surface area contributed by atoms with Crippen LogP contribution in [0.15, 0.2) is 158 Å². The van der Waals surface area contributed by atoms with Gasteiger partial charge in [-0.05, 0) is 77.9 Å². The molecule has 46 heavy (non-hydrogen) atoms. The Morgan fingerprint density at radius 1 is 0.348 bits per heavy atom. The lowest BCUT2D eigenvalue weighted by Crippen LogP contribution is -1.95. The summed E-state index contributed by atoms with van der Waals surface area (Å²) in [5.41, 5.74) is 12.2. The third-order valence-corrected chi connectivity index (χ3v) is 9.85. The fourth-order valence-electron chi connectivity index (χ4n) is 7.80. The largest absolute Gasteiger partial charge is 0.344 e. The Morgan fingerprint density at radius 2 is 0.848 bits per heavy atom. The van der Waals surface area contributed by atoms with E-state index in [1.165, 1.54) is 87.9 Å². The molecule has 0 aliphatic heterocycles. The Morgan fingerprint density at radius 3 is 1.52 bits per heavy atom. The third kappa shape index (κ3) is 3.43. The SMILES string of the molecule is Cn1c2ccccc2c2c(-n3c4ccccc4c4cc(-c5ccc6c(c5)c5ccccc5n6-c5ccccc5)ccc43)cccc21. The van der Waals surface area contributed by atoms with E-state index >= 15 is 0 Å². The van der Waals surface area contributed by atoms with Crippen molar-refractivity contribution in [2.24, 2.45) is 7.05 Å². The van der Waals surface area contributed by atoms with Gasteiger partial charge in [0.1, 0.15) is 0 Å². The van der Waals surface area contributed by atoms with Gasteiger partial charge < -0.3 is 13.7 Å². The van der Waals surface area contributed by atoms with Gasteiger partial charge in [-0.1, -0.05) is 91.0 Å². The fraction of sp³-hybridized carbons (Fsp3) is 0.0233. The van der Waals surface area contributed by atoms with Gasteiger partial charge in [0.15, 0.2) is 0 Å². The number of para-hydroxylation sites is 4. The van der Waals surface area contributed by atoms with Crippen LogP contribution < -0.4 is 0 Å². The predicted octanol–water partition coefficient (Wildman–Crippen LogP) is 11.2. The van der Waals surface area contributed by atoms with Crippen LogP contribution in [0.4, 0.5) is 0 Å². The zero-order valence-corrected chi connectivity index (χ0v) is 25.4. The predicted molar refractivity (Wildman–Crippen MR) is 195 cm³/mol. The van der Waals surface area contributed by atoms with Crippen molar-refractivity contribution in [2.75, 3.05) is 0 Å². The Labute approximate surface area is 265 Å². The van der Waals surface area contributed by atoms with Crippen LogP contribution in [0.2, 0.25) is 0 Å². The summed E-state index contributed by atoms with van der Waals surface area (Å²) in [6.07, 6.45) is 0. The molecule has 0 N–H and O–H groups in total. The topological polar surface area (TPSA) is 14.8 Å². The van der Waals surface area contributed by atoms with Crippen molar-refractivity contribution < 1.29 is 0 Å². The van der Waals surface area contributed by atoms with Gasteiger partial charge in [0.2, 0.25) is 0 Å². The normalized spacial score (nSPS) is 12.0. The highest BCUT2D eigenvalue weighted by atomic mass is 15.0. The summed E-state index contributed by atoms with van der Waals surface area (Å²) in [6, 6.07) is 57.5. The smallest absolute Gasteiger partial charge is 0.0562 e. The van der Waals surface area contributed by atoms with E-state index in [1.807, 2.05) is 0 Å². The second-order valence-electron chi connectivity index (χ2n) is 12.3. The van der Waals surface area contributed by atoms with Gasteiger partial charge in [-0.25, -0.2) is 0 Å². The van der Waals surface area contributed by atoms with E-state index in [2.05, 4.69) is 178 Å². The number of fused-ring (bicyclic) bond motifs is 9. The Kier molecular flexibility index (Phi) is 5.20. The van der Waals surface area contributed by atoms with E-state index in [0.717, 1.165) is 0 Å². The first-order valence-electron chi connectivity index (χ1n) is 15.8. The van der Waals surface area contributed by atoms with Gasteiger partial charge in [0.05, 0.1) is 33.3 Å². The molecule has 0 saturated carbocycles. The quantitative estimate of drug-likeness (QED) is 0.195. The third-order valence-electron chi connectivity index (χ3n) is 9.85. The molecule has 0 saturated heterocycles. The zero-order valence-electron chi connectivity index (χ0n) is 25.4. The molecule has 0 spiro atoms. The molecular formula is C43H29N3. The average molecular weight is 588 g/mol. The number of hydrogen-bond donors (Lipinski definition) is 0. The van der Waals surface area contributed by atoms with E-state index in [1.54, 1.807) is 0 Å². The highest BCUT2D eigenvalue weighted by molar-refractivity contribution is 6.16. The van der Waals surface area contributed by atoms with Crippen molar-refractivity contribution in [3.8, 4) is 22.5 Å². The summed E-state index contributed by atoms with van der Waals surface area (Å²) in [5.74, 6) is 0. The maximum atomic E-state index is 2.46. The molecule has 10 rings (SSSR count). The first kappa shape index (κ1) is 25.3. The number of aromatic nitrogens is 3. The van der Waals surface area contributed by atoms with Gasteiger partial charge in [-0.15, -0.1) is 0 Å². The van der Waals surface area contributed by atoms with Crippen LogP contribution in [0.5, 0.6) is 0 Å². The fourth-order valence-corrected chi connectivity index (χ4v) is 7.80. The van der Waals surface area contributed by atoms with Crippen molar-refractivity contribution in [3.05, 3.63) is 158 Å². The van der Waals surface area contributed by atoms with Crippen LogP contribution in [0.3, 0.4) is 0 Å². The summed E-state index contributed by atoms with van der Waals surface area (Å²) >= 11 is 0. The molecule has 3 heterocycles. The average Bonchev–Trinajstić information content (AvgIpc) is 3.74. The van der Waals surface area contributed by atoms with Gasteiger partial charge >= 0.3 is 0 Å². The minimum absolute atomic E-state index is 1.18. The molecular weight excluding hydrogens is 558 g/mol. The molecule has 0 unspecified atom stereocenters. The van der Waals surface area contributed by atoms with Gasteiger partial charge in [0, 0.05) is 50.6 Å². The number of nitrogens with zero attached hydrogens (tertiary/aromatic N) is 3. The van der Waals surface area contributed by atoms with Crippen LogP contribution in [0, 0.1) is 0 Å². The number of aryl methyl sites for hydroxylation is 1. The summed E-state index contributed by atoms with van der Waals surface area (Å²) in [5, 5.41) is 7.62. The van der Waals surface area contributed by atoms with Gasteiger partial charge in [0.25, 0.3) is 0 Å². The van der Waals surface area contributed by atoms with Crippen molar-refractivity contribution in [3.63, 3.8) is 0 Å². The highest BCUT2D eigenvalue weighted by Crippen LogP contribution is 2.40. The molecule has 10 aromatic rings. The van der Waals surface area contributed by atoms with E-state index < -0.39 is 0 Å². The van der Waals surface area contributed by atoms with Crippen molar-refractivity contribution >= 4 is 65.4 Å². The lowest BCUT2D eigenvalue weighted by atomic mass is 10.0. The van der Waals surface area contributed by atoms with Crippen LogP contribution in [-0.4, -0.2) is 13.7 Å². The molecule has 216 valence electrons. The Balaban J connectivity index is 1.21. The van der Waals surface area contributed by atoms with Gasteiger partial charge in [-0.3, -0.25) is 0 Å². The molecule has 0 amide bonds. The summed E-state index contributed by atoms with van der Waals surface area (Å²) < 4.78 is 7.14. The van der Waals surface area contributed by atoms with Crippen molar-refractivity contribution in [1.82, 2.24) is 13.7 Å². The zero-order chi connectivity index (χ0) is 30.4. The molecule has 0 fully saturated rings. The first-order chi connectivity index (χ1) is 22.8. The molecule has 0 radical (unpaired) electrons. The maximum absolute atomic E-state index is 2.46. The number of rotatable bonds is 3. The Hall–Kier alpha value is -6.06. The summed E-state index contributed by atoms with van der Waals surface area (Å²) in [4.78, 5) is 0. The monoisotopic (exact) mass is 587 g/mol. The second-order valence-corrected chi connectivity index (χ2v) is 12.3.